The summed E-state index contributed by atoms with van der Waals surface area (Å²) in [5.74, 6) is 0. The van der Waals surface area contributed by atoms with E-state index in [1.165, 1.54) is 17.5 Å². The molecule has 0 aliphatic carbocycles. The Bertz CT molecular complexity index is 307. The van der Waals surface area contributed by atoms with Gasteiger partial charge in [0, 0.05) is 19.8 Å². The zero-order chi connectivity index (χ0) is 13.2. The van der Waals surface area contributed by atoms with Crippen molar-refractivity contribution in [1.29, 1.82) is 0 Å². The molecule has 1 atom stereocenters. The number of hydrogen-bond acceptors (Lipinski definition) is 2. The molecule has 1 rings (SSSR count). The van der Waals surface area contributed by atoms with Crippen LogP contribution in [0.1, 0.15) is 37.8 Å². The molecule has 2 heteroatoms. The van der Waals surface area contributed by atoms with E-state index in [9.17, 15) is 0 Å². The molecule has 0 saturated carbocycles. The van der Waals surface area contributed by atoms with Gasteiger partial charge in [0.15, 0.2) is 0 Å². The first kappa shape index (κ1) is 15.2. The number of methoxy groups -OCH3 is 1. The van der Waals surface area contributed by atoms with Crippen LogP contribution in [0.3, 0.4) is 0 Å². The SMILES string of the molecule is CCNC(CCCOC)Cc1ccc(CC)cc1. The Kier molecular flexibility index (Phi) is 7.70. The van der Waals surface area contributed by atoms with Crippen molar-refractivity contribution in [2.75, 3.05) is 20.3 Å². The number of ether oxygens (including phenoxy) is 1. The number of benzene rings is 1. The predicted molar refractivity (Wildman–Crippen MR) is 78.1 cm³/mol. The van der Waals surface area contributed by atoms with Crippen LogP contribution in [0.4, 0.5) is 0 Å². The summed E-state index contributed by atoms with van der Waals surface area (Å²) in [7, 11) is 1.77. The second kappa shape index (κ2) is 9.12. The third-order valence-corrected chi connectivity index (χ3v) is 3.31. The third-order valence-electron chi connectivity index (χ3n) is 3.31. The fourth-order valence-electron chi connectivity index (χ4n) is 2.23. The molecule has 0 aromatic heterocycles. The summed E-state index contributed by atoms with van der Waals surface area (Å²) in [5.41, 5.74) is 2.84. The molecule has 0 heterocycles. The molecule has 0 saturated heterocycles. The van der Waals surface area contributed by atoms with Crippen molar-refractivity contribution >= 4 is 0 Å². The molecule has 1 N–H and O–H groups in total. The third kappa shape index (κ3) is 5.65. The van der Waals surface area contributed by atoms with Gasteiger partial charge < -0.3 is 10.1 Å². The normalized spacial score (nSPS) is 12.6. The quantitative estimate of drug-likeness (QED) is 0.679. The lowest BCUT2D eigenvalue weighted by molar-refractivity contribution is 0.188. The van der Waals surface area contributed by atoms with Crippen molar-refractivity contribution in [2.45, 2.75) is 45.6 Å². The minimum Gasteiger partial charge on any atom is -0.385 e. The summed E-state index contributed by atoms with van der Waals surface area (Å²) in [4.78, 5) is 0. The minimum absolute atomic E-state index is 0.567. The van der Waals surface area contributed by atoms with E-state index in [0.29, 0.717) is 6.04 Å². The summed E-state index contributed by atoms with van der Waals surface area (Å²) in [6.07, 6.45) is 4.53. The van der Waals surface area contributed by atoms with E-state index >= 15 is 0 Å². The second-order valence-electron chi connectivity index (χ2n) is 4.76. The van der Waals surface area contributed by atoms with E-state index in [-0.39, 0.29) is 0 Å². The molecular weight excluding hydrogens is 222 g/mol. The van der Waals surface area contributed by atoms with E-state index in [2.05, 4.69) is 43.4 Å². The number of rotatable bonds is 9. The fourth-order valence-corrected chi connectivity index (χ4v) is 2.23. The molecule has 0 radical (unpaired) electrons. The number of nitrogens with one attached hydrogen (secondary N) is 1. The van der Waals surface area contributed by atoms with E-state index < -0.39 is 0 Å². The molecule has 1 unspecified atom stereocenters. The van der Waals surface area contributed by atoms with E-state index in [1.807, 2.05) is 0 Å². The van der Waals surface area contributed by atoms with Gasteiger partial charge in [-0.3, -0.25) is 0 Å². The van der Waals surface area contributed by atoms with Gasteiger partial charge in [-0.2, -0.15) is 0 Å². The Morgan fingerprint density at radius 2 is 1.78 bits per heavy atom. The standard InChI is InChI=1S/C16H27NO/c1-4-14-8-10-15(11-9-14)13-16(17-5-2)7-6-12-18-3/h8-11,16-17H,4-7,12-13H2,1-3H3. The number of likely N-dealkylation sites (N-methyl/N-ethyl adjacent to an activating group) is 1. The highest BCUT2D eigenvalue weighted by Gasteiger charge is 2.08. The molecule has 0 aliphatic heterocycles. The van der Waals surface area contributed by atoms with Gasteiger partial charge in [0.2, 0.25) is 0 Å². The van der Waals surface area contributed by atoms with Crippen LogP contribution < -0.4 is 5.32 Å². The first-order valence-electron chi connectivity index (χ1n) is 7.10. The van der Waals surface area contributed by atoms with Gasteiger partial charge in [-0.25, -0.2) is 0 Å². The predicted octanol–water partition coefficient (Wildman–Crippen LogP) is 3.20. The first-order chi connectivity index (χ1) is 8.80. The molecule has 18 heavy (non-hydrogen) atoms. The van der Waals surface area contributed by atoms with Crippen LogP contribution in [0.2, 0.25) is 0 Å². The van der Waals surface area contributed by atoms with Crippen molar-refractivity contribution in [1.82, 2.24) is 5.32 Å². The van der Waals surface area contributed by atoms with Crippen LogP contribution in [0.15, 0.2) is 24.3 Å². The minimum atomic E-state index is 0.567. The van der Waals surface area contributed by atoms with E-state index in [0.717, 1.165) is 32.4 Å². The molecule has 0 aliphatic rings. The lowest BCUT2D eigenvalue weighted by atomic mass is 10.0. The maximum atomic E-state index is 5.12. The van der Waals surface area contributed by atoms with Crippen molar-refractivity contribution in [3.63, 3.8) is 0 Å². The average molecular weight is 249 g/mol. The molecule has 0 spiro atoms. The van der Waals surface area contributed by atoms with Crippen molar-refractivity contribution in [2.24, 2.45) is 0 Å². The molecule has 0 bridgehead atoms. The number of aryl methyl sites for hydroxylation is 1. The van der Waals surface area contributed by atoms with Crippen LogP contribution in [-0.2, 0) is 17.6 Å². The highest BCUT2D eigenvalue weighted by Crippen LogP contribution is 2.10. The highest BCUT2D eigenvalue weighted by molar-refractivity contribution is 5.23. The van der Waals surface area contributed by atoms with Crippen molar-refractivity contribution < 1.29 is 4.74 Å². The van der Waals surface area contributed by atoms with E-state index in [4.69, 9.17) is 4.74 Å². The molecule has 0 amide bonds. The van der Waals surface area contributed by atoms with Gasteiger partial charge in [0.05, 0.1) is 0 Å². The van der Waals surface area contributed by atoms with Crippen molar-refractivity contribution in [3.05, 3.63) is 35.4 Å². The lowest BCUT2D eigenvalue weighted by Crippen LogP contribution is -2.31. The molecule has 1 aromatic rings. The van der Waals surface area contributed by atoms with E-state index in [1.54, 1.807) is 7.11 Å². The lowest BCUT2D eigenvalue weighted by Gasteiger charge is -2.18. The molecule has 0 fully saturated rings. The first-order valence-corrected chi connectivity index (χ1v) is 7.10. The maximum absolute atomic E-state index is 5.12. The topological polar surface area (TPSA) is 21.3 Å². The summed E-state index contributed by atoms with van der Waals surface area (Å²) in [5, 5.41) is 3.56. The van der Waals surface area contributed by atoms with Crippen LogP contribution in [0.25, 0.3) is 0 Å². The van der Waals surface area contributed by atoms with Gasteiger partial charge in [-0.15, -0.1) is 0 Å². The summed E-state index contributed by atoms with van der Waals surface area (Å²) in [6.45, 7) is 6.26. The van der Waals surface area contributed by atoms with Gasteiger partial charge in [-0.1, -0.05) is 38.1 Å². The number of hydrogen-bond donors (Lipinski definition) is 1. The largest absolute Gasteiger partial charge is 0.385 e. The second-order valence-corrected chi connectivity index (χ2v) is 4.76. The Morgan fingerprint density at radius 3 is 2.33 bits per heavy atom. The van der Waals surface area contributed by atoms with Gasteiger partial charge in [0.25, 0.3) is 0 Å². The zero-order valence-corrected chi connectivity index (χ0v) is 12.0. The zero-order valence-electron chi connectivity index (χ0n) is 12.0. The Hall–Kier alpha value is -0.860. The molecular formula is C16H27NO. The van der Waals surface area contributed by atoms with Gasteiger partial charge in [-0.05, 0) is 43.4 Å². The smallest absolute Gasteiger partial charge is 0.0462 e. The van der Waals surface area contributed by atoms with Crippen LogP contribution in [-0.4, -0.2) is 26.3 Å². The molecule has 102 valence electrons. The average Bonchev–Trinajstić information content (AvgIpc) is 2.40. The Labute approximate surface area is 112 Å². The Balaban J connectivity index is 2.47. The van der Waals surface area contributed by atoms with Gasteiger partial charge >= 0.3 is 0 Å². The Morgan fingerprint density at radius 1 is 1.11 bits per heavy atom. The van der Waals surface area contributed by atoms with Crippen LogP contribution in [0, 0.1) is 0 Å². The highest BCUT2D eigenvalue weighted by atomic mass is 16.5. The summed E-state index contributed by atoms with van der Waals surface area (Å²) >= 11 is 0. The maximum Gasteiger partial charge on any atom is 0.0462 e. The molecule has 1 aromatic carbocycles. The summed E-state index contributed by atoms with van der Waals surface area (Å²) < 4.78 is 5.12. The fraction of sp³-hybridized carbons (Fsp3) is 0.625. The summed E-state index contributed by atoms with van der Waals surface area (Å²) in [6, 6.07) is 9.58. The monoisotopic (exact) mass is 249 g/mol. The molecule has 2 nitrogen and oxygen atoms in total. The van der Waals surface area contributed by atoms with Crippen LogP contribution in [0.5, 0.6) is 0 Å². The van der Waals surface area contributed by atoms with Gasteiger partial charge in [0.1, 0.15) is 0 Å². The van der Waals surface area contributed by atoms with Crippen molar-refractivity contribution in [3.8, 4) is 0 Å². The van der Waals surface area contributed by atoms with Crippen LogP contribution >= 0.6 is 0 Å².